The van der Waals surface area contributed by atoms with Crippen LogP contribution in [0.4, 0.5) is 13.2 Å². The fourth-order valence-electron chi connectivity index (χ4n) is 0.921. The Kier molecular flexibility index (Phi) is 2.27. The predicted molar refractivity (Wildman–Crippen MR) is 33.1 cm³/mol. The number of carbonyl (C=O) groups excluding carboxylic acids is 1. The van der Waals surface area contributed by atoms with Crippen molar-refractivity contribution >= 4 is 5.97 Å². The van der Waals surface area contributed by atoms with E-state index in [2.05, 4.69) is 4.74 Å². The Labute approximate surface area is 66.7 Å². The van der Waals surface area contributed by atoms with Crippen molar-refractivity contribution in [1.82, 2.24) is 0 Å². The zero-order valence-electron chi connectivity index (χ0n) is 6.10. The van der Waals surface area contributed by atoms with Gasteiger partial charge in [0.2, 0.25) is 0 Å². The van der Waals surface area contributed by atoms with Crippen LogP contribution in [0.2, 0.25) is 0 Å². The number of esters is 1. The molecule has 0 aromatic heterocycles. The van der Waals surface area contributed by atoms with Gasteiger partial charge in [-0.2, -0.15) is 13.2 Å². The first kappa shape index (κ1) is 9.31. The minimum atomic E-state index is -4.89. The monoisotopic (exact) mass is 183 g/mol. The molecule has 2 N–H and O–H groups in total. The summed E-state index contributed by atoms with van der Waals surface area (Å²) >= 11 is 0. The van der Waals surface area contributed by atoms with E-state index in [1.807, 2.05) is 0 Å². The van der Waals surface area contributed by atoms with Crippen LogP contribution < -0.4 is 5.73 Å². The average Bonchev–Trinajstić information content (AvgIpc) is 1.82. The molecule has 1 fully saturated rings. The standard InChI is InChI=1S/C6H8F3NO2/c7-6(8,9)5(11)12-4-1-3(10)2-4/h3-4H,1-2,10H2. The van der Waals surface area contributed by atoms with Crippen LogP contribution in [0.5, 0.6) is 0 Å². The Morgan fingerprint density at radius 1 is 1.42 bits per heavy atom. The zero-order chi connectivity index (χ0) is 9.35. The van der Waals surface area contributed by atoms with Gasteiger partial charge in [-0.05, 0) is 12.8 Å². The summed E-state index contributed by atoms with van der Waals surface area (Å²) in [5.74, 6) is -2.13. The van der Waals surface area contributed by atoms with Crippen LogP contribution in [-0.2, 0) is 9.53 Å². The maximum atomic E-state index is 11.6. The molecule has 0 spiro atoms. The quantitative estimate of drug-likeness (QED) is 0.605. The molecule has 0 radical (unpaired) electrons. The van der Waals surface area contributed by atoms with Crippen LogP contribution >= 0.6 is 0 Å². The van der Waals surface area contributed by atoms with Gasteiger partial charge >= 0.3 is 12.1 Å². The Hall–Kier alpha value is -0.780. The summed E-state index contributed by atoms with van der Waals surface area (Å²) in [5, 5.41) is 0. The smallest absolute Gasteiger partial charge is 0.456 e. The fraction of sp³-hybridized carbons (Fsp3) is 0.833. The molecule has 0 aliphatic heterocycles. The van der Waals surface area contributed by atoms with Gasteiger partial charge in [0.05, 0.1) is 0 Å². The molecule has 0 aromatic carbocycles. The largest absolute Gasteiger partial charge is 0.490 e. The Morgan fingerprint density at radius 2 is 1.92 bits per heavy atom. The van der Waals surface area contributed by atoms with Crippen molar-refractivity contribution in [3.8, 4) is 0 Å². The van der Waals surface area contributed by atoms with E-state index in [-0.39, 0.29) is 6.04 Å². The highest BCUT2D eigenvalue weighted by Crippen LogP contribution is 2.25. The summed E-state index contributed by atoms with van der Waals surface area (Å²) in [5.41, 5.74) is 5.28. The maximum absolute atomic E-state index is 11.6. The van der Waals surface area contributed by atoms with Crippen LogP contribution in [0.25, 0.3) is 0 Å². The number of hydrogen-bond acceptors (Lipinski definition) is 3. The lowest BCUT2D eigenvalue weighted by atomic mass is 9.90. The third-order valence-corrected chi connectivity index (χ3v) is 1.64. The van der Waals surface area contributed by atoms with Crippen molar-refractivity contribution in [3.05, 3.63) is 0 Å². The van der Waals surface area contributed by atoms with E-state index in [0.717, 1.165) is 0 Å². The SMILES string of the molecule is NC1CC(OC(=O)C(F)(F)F)C1. The second-order valence-electron chi connectivity index (χ2n) is 2.76. The topological polar surface area (TPSA) is 52.3 Å². The van der Waals surface area contributed by atoms with Gasteiger partial charge in [-0.15, -0.1) is 0 Å². The molecule has 1 aliphatic carbocycles. The summed E-state index contributed by atoms with van der Waals surface area (Å²) < 4.78 is 38.8. The van der Waals surface area contributed by atoms with E-state index in [1.165, 1.54) is 0 Å². The molecule has 1 aliphatic rings. The number of alkyl halides is 3. The summed E-state index contributed by atoms with van der Waals surface area (Å²) in [6.07, 6.45) is -4.89. The summed E-state index contributed by atoms with van der Waals surface area (Å²) in [4.78, 5) is 10.2. The molecular weight excluding hydrogens is 175 g/mol. The molecule has 0 atom stereocenters. The van der Waals surface area contributed by atoms with Crippen molar-refractivity contribution in [3.63, 3.8) is 0 Å². The molecule has 0 aromatic rings. The molecule has 0 bridgehead atoms. The second kappa shape index (κ2) is 2.93. The lowest BCUT2D eigenvalue weighted by molar-refractivity contribution is -0.208. The lowest BCUT2D eigenvalue weighted by Crippen LogP contribution is -2.44. The molecular formula is C6H8F3NO2. The van der Waals surface area contributed by atoms with Gasteiger partial charge in [0.15, 0.2) is 0 Å². The van der Waals surface area contributed by atoms with Crippen LogP contribution in [-0.4, -0.2) is 24.3 Å². The second-order valence-corrected chi connectivity index (χ2v) is 2.76. The molecule has 70 valence electrons. The molecule has 0 amide bonds. The van der Waals surface area contributed by atoms with E-state index < -0.39 is 18.2 Å². The Bertz CT molecular complexity index is 186. The first-order valence-corrected chi connectivity index (χ1v) is 3.43. The minimum absolute atomic E-state index is 0.129. The van der Waals surface area contributed by atoms with Crippen molar-refractivity contribution in [2.24, 2.45) is 5.73 Å². The fourth-order valence-corrected chi connectivity index (χ4v) is 0.921. The number of hydrogen-bond donors (Lipinski definition) is 1. The van der Waals surface area contributed by atoms with Crippen LogP contribution in [0, 0.1) is 0 Å². The van der Waals surface area contributed by atoms with Crippen LogP contribution in [0.15, 0.2) is 0 Å². The molecule has 3 nitrogen and oxygen atoms in total. The van der Waals surface area contributed by atoms with Gasteiger partial charge in [-0.3, -0.25) is 0 Å². The average molecular weight is 183 g/mol. The van der Waals surface area contributed by atoms with Crippen molar-refractivity contribution in [2.75, 3.05) is 0 Å². The van der Waals surface area contributed by atoms with E-state index in [9.17, 15) is 18.0 Å². The predicted octanol–water partition coefficient (Wildman–Crippen LogP) is 0.582. The van der Waals surface area contributed by atoms with E-state index >= 15 is 0 Å². The van der Waals surface area contributed by atoms with E-state index in [4.69, 9.17) is 5.73 Å². The van der Waals surface area contributed by atoms with E-state index in [1.54, 1.807) is 0 Å². The number of halogens is 3. The zero-order valence-corrected chi connectivity index (χ0v) is 6.10. The van der Waals surface area contributed by atoms with Gasteiger partial charge in [0.25, 0.3) is 0 Å². The number of rotatable bonds is 1. The molecule has 0 saturated heterocycles. The van der Waals surface area contributed by atoms with Crippen molar-refractivity contribution < 1.29 is 22.7 Å². The molecule has 6 heteroatoms. The minimum Gasteiger partial charge on any atom is -0.456 e. The Balaban J connectivity index is 2.28. The normalized spacial score (nSPS) is 29.3. The summed E-state index contributed by atoms with van der Waals surface area (Å²) in [6.45, 7) is 0. The third kappa shape index (κ3) is 2.10. The van der Waals surface area contributed by atoms with Crippen LogP contribution in [0.3, 0.4) is 0 Å². The highest BCUT2D eigenvalue weighted by Gasteiger charge is 2.43. The van der Waals surface area contributed by atoms with Gasteiger partial charge in [0.1, 0.15) is 6.10 Å². The molecule has 1 saturated carbocycles. The van der Waals surface area contributed by atoms with Gasteiger partial charge in [-0.25, -0.2) is 4.79 Å². The van der Waals surface area contributed by atoms with Gasteiger partial charge in [0, 0.05) is 6.04 Å². The first-order chi connectivity index (χ1) is 5.39. The summed E-state index contributed by atoms with van der Waals surface area (Å²) in [6, 6.07) is -0.129. The first-order valence-electron chi connectivity index (χ1n) is 3.43. The van der Waals surface area contributed by atoms with Gasteiger partial charge < -0.3 is 10.5 Å². The Morgan fingerprint density at radius 3 is 2.25 bits per heavy atom. The molecule has 0 unspecified atom stereocenters. The van der Waals surface area contributed by atoms with Crippen molar-refractivity contribution in [1.29, 1.82) is 0 Å². The van der Waals surface area contributed by atoms with Crippen molar-refractivity contribution in [2.45, 2.75) is 31.2 Å². The maximum Gasteiger partial charge on any atom is 0.490 e. The lowest BCUT2D eigenvalue weighted by Gasteiger charge is -2.31. The number of carbonyl (C=O) groups is 1. The number of nitrogens with two attached hydrogens (primary N) is 1. The highest BCUT2D eigenvalue weighted by molar-refractivity contribution is 5.75. The van der Waals surface area contributed by atoms with E-state index in [0.29, 0.717) is 12.8 Å². The van der Waals surface area contributed by atoms with Gasteiger partial charge in [-0.1, -0.05) is 0 Å². The molecule has 12 heavy (non-hydrogen) atoms. The number of ether oxygens (including phenoxy) is 1. The molecule has 0 heterocycles. The summed E-state index contributed by atoms with van der Waals surface area (Å²) in [7, 11) is 0. The highest BCUT2D eigenvalue weighted by atomic mass is 19.4. The molecule has 1 rings (SSSR count). The van der Waals surface area contributed by atoms with Crippen LogP contribution in [0.1, 0.15) is 12.8 Å². The third-order valence-electron chi connectivity index (χ3n) is 1.64.